The second-order valence-corrected chi connectivity index (χ2v) is 4.30. The van der Waals surface area contributed by atoms with Crippen LogP contribution < -0.4 is 5.73 Å². The van der Waals surface area contributed by atoms with Crippen molar-refractivity contribution in [3.8, 4) is 0 Å². The number of esters is 1. The van der Waals surface area contributed by atoms with E-state index in [0.717, 1.165) is 5.56 Å². The first kappa shape index (κ1) is 14.0. The molecule has 0 aromatic heterocycles. The number of carbonyl (C=O) groups is 1. The van der Waals surface area contributed by atoms with Gasteiger partial charge in [-0.2, -0.15) is 0 Å². The highest BCUT2D eigenvalue weighted by Crippen LogP contribution is 2.23. The van der Waals surface area contributed by atoms with Crippen LogP contribution in [0, 0.1) is 6.92 Å². The number of hydrogen-bond acceptors (Lipinski definition) is 4. The number of ether oxygens (including phenoxy) is 1. The number of carbonyl (C=O) groups excluding carboxylic acids is 1. The molecule has 94 valence electrons. The van der Waals surface area contributed by atoms with E-state index in [0.29, 0.717) is 10.6 Å². The molecule has 1 rings (SSSR count). The first-order valence-electron chi connectivity index (χ1n) is 5.22. The van der Waals surface area contributed by atoms with Crippen LogP contribution in [0.1, 0.15) is 23.7 Å². The molecule has 0 bridgehead atoms. The van der Waals surface area contributed by atoms with Crippen molar-refractivity contribution in [2.24, 2.45) is 5.73 Å². The fourth-order valence-electron chi connectivity index (χ4n) is 1.49. The van der Waals surface area contributed by atoms with Crippen molar-refractivity contribution in [3.05, 3.63) is 34.3 Å². The van der Waals surface area contributed by atoms with Gasteiger partial charge in [-0.3, -0.25) is 4.79 Å². The number of halogens is 1. The largest absolute Gasteiger partial charge is 0.469 e. The maximum Gasteiger partial charge on any atom is 0.307 e. The molecule has 0 saturated carbocycles. The summed E-state index contributed by atoms with van der Waals surface area (Å²) in [5.74, 6) is -0.442. The third-order valence-electron chi connectivity index (χ3n) is 2.56. The van der Waals surface area contributed by atoms with Crippen LogP contribution in [0.5, 0.6) is 0 Å². The standard InChI is InChI=1S/C12H16ClNO3/c1-7-5-8(3-4-9(7)13)12(16)10(14)6-11(15)17-2/h3-5,10,12,16H,6,14H2,1-2H3. The van der Waals surface area contributed by atoms with Crippen molar-refractivity contribution < 1.29 is 14.6 Å². The molecule has 4 nitrogen and oxygen atoms in total. The van der Waals surface area contributed by atoms with E-state index in [1.165, 1.54) is 7.11 Å². The van der Waals surface area contributed by atoms with Gasteiger partial charge < -0.3 is 15.6 Å². The van der Waals surface area contributed by atoms with Gasteiger partial charge in [0.1, 0.15) is 0 Å². The predicted molar refractivity (Wildman–Crippen MR) is 65.8 cm³/mol. The van der Waals surface area contributed by atoms with Crippen LogP contribution in [0.25, 0.3) is 0 Å². The number of methoxy groups -OCH3 is 1. The van der Waals surface area contributed by atoms with Gasteiger partial charge in [0.15, 0.2) is 0 Å². The summed E-state index contributed by atoms with van der Waals surface area (Å²) in [5.41, 5.74) is 7.23. The minimum atomic E-state index is -0.912. The average molecular weight is 258 g/mol. The maximum absolute atomic E-state index is 11.0. The SMILES string of the molecule is COC(=O)CC(N)C(O)c1ccc(Cl)c(C)c1. The third-order valence-corrected chi connectivity index (χ3v) is 2.98. The Balaban J connectivity index is 2.77. The van der Waals surface area contributed by atoms with E-state index in [4.69, 9.17) is 17.3 Å². The highest BCUT2D eigenvalue weighted by Gasteiger charge is 2.20. The normalized spacial score (nSPS) is 14.2. The van der Waals surface area contributed by atoms with E-state index in [1.807, 2.05) is 6.92 Å². The van der Waals surface area contributed by atoms with E-state index in [9.17, 15) is 9.90 Å². The zero-order valence-corrected chi connectivity index (χ0v) is 10.6. The molecule has 3 N–H and O–H groups in total. The molecule has 0 radical (unpaired) electrons. The summed E-state index contributed by atoms with van der Waals surface area (Å²) in [6.07, 6.45) is -0.940. The van der Waals surface area contributed by atoms with Crippen molar-refractivity contribution in [2.75, 3.05) is 7.11 Å². The number of rotatable bonds is 4. The Hall–Kier alpha value is -1.10. The summed E-state index contributed by atoms with van der Waals surface area (Å²) in [5, 5.41) is 10.6. The lowest BCUT2D eigenvalue weighted by Crippen LogP contribution is -2.31. The van der Waals surface area contributed by atoms with Crippen molar-refractivity contribution in [1.29, 1.82) is 0 Å². The average Bonchev–Trinajstić information content (AvgIpc) is 2.31. The Bertz CT molecular complexity index is 409. The monoisotopic (exact) mass is 257 g/mol. The number of hydrogen-bond donors (Lipinski definition) is 2. The molecule has 0 aliphatic carbocycles. The van der Waals surface area contributed by atoms with Gasteiger partial charge in [-0.25, -0.2) is 0 Å². The summed E-state index contributed by atoms with van der Waals surface area (Å²) in [6, 6.07) is 4.45. The van der Waals surface area contributed by atoms with E-state index < -0.39 is 18.1 Å². The van der Waals surface area contributed by atoms with Crippen LogP contribution in [0.2, 0.25) is 5.02 Å². The summed E-state index contributed by atoms with van der Waals surface area (Å²) in [6.45, 7) is 1.84. The first-order chi connectivity index (χ1) is 7.95. The molecular weight excluding hydrogens is 242 g/mol. The van der Waals surface area contributed by atoms with Crippen LogP contribution in [-0.4, -0.2) is 24.2 Å². The zero-order valence-electron chi connectivity index (χ0n) is 9.81. The Morgan fingerprint density at radius 1 is 1.59 bits per heavy atom. The fourth-order valence-corrected chi connectivity index (χ4v) is 1.60. The van der Waals surface area contributed by atoms with Crippen LogP contribution in [0.4, 0.5) is 0 Å². The minimum Gasteiger partial charge on any atom is -0.469 e. The van der Waals surface area contributed by atoms with Crippen molar-refractivity contribution in [3.63, 3.8) is 0 Å². The first-order valence-corrected chi connectivity index (χ1v) is 5.60. The van der Waals surface area contributed by atoms with Crippen LogP contribution >= 0.6 is 11.6 Å². The lowest BCUT2D eigenvalue weighted by molar-refractivity contribution is -0.141. The van der Waals surface area contributed by atoms with E-state index in [2.05, 4.69) is 4.74 Å². The highest BCUT2D eigenvalue weighted by atomic mass is 35.5. The van der Waals surface area contributed by atoms with Gasteiger partial charge in [-0.1, -0.05) is 23.7 Å². The van der Waals surface area contributed by atoms with Crippen LogP contribution in [-0.2, 0) is 9.53 Å². The minimum absolute atomic E-state index is 0.0284. The topological polar surface area (TPSA) is 72.5 Å². The molecule has 0 spiro atoms. The molecule has 5 heteroatoms. The van der Waals surface area contributed by atoms with Gasteiger partial charge in [-0.05, 0) is 24.1 Å². The Labute approximate surface area is 105 Å². The second-order valence-electron chi connectivity index (χ2n) is 3.90. The van der Waals surface area contributed by atoms with Crippen molar-refractivity contribution in [1.82, 2.24) is 0 Å². The Morgan fingerprint density at radius 2 is 2.24 bits per heavy atom. The predicted octanol–water partition coefficient (Wildman–Crippen LogP) is 1.57. The van der Waals surface area contributed by atoms with E-state index in [1.54, 1.807) is 18.2 Å². The number of aliphatic hydroxyl groups excluding tert-OH is 1. The highest BCUT2D eigenvalue weighted by molar-refractivity contribution is 6.31. The molecule has 17 heavy (non-hydrogen) atoms. The van der Waals surface area contributed by atoms with Crippen molar-refractivity contribution in [2.45, 2.75) is 25.5 Å². The van der Waals surface area contributed by atoms with Gasteiger partial charge in [0.05, 0.1) is 19.6 Å². The molecule has 0 aliphatic heterocycles. The van der Waals surface area contributed by atoms with Gasteiger partial charge in [0.25, 0.3) is 0 Å². The summed E-state index contributed by atoms with van der Waals surface area (Å²) >= 11 is 5.88. The van der Waals surface area contributed by atoms with Crippen LogP contribution in [0.15, 0.2) is 18.2 Å². The molecule has 0 amide bonds. The number of nitrogens with two attached hydrogens (primary N) is 1. The molecular formula is C12H16ClNO3. The van der Waals surface area contributed by atoms with Gasteiger partial charge in [0, 0.05) is 11.1 Å². The van der Waals surface area contributed by atoms with Crippen molar-refractivity contribution >= 4 is 17.6 Å². The lowest BCUT2D eigenvalue weighted by atomic mass is 9.99. The number of benzene rings is 1. The zero-order chi connectivity index (χ0) is 13.0. The smallest absolute Gasteiger partial charge is 0.307 e. The quantitative estimate of drug-likeness (QED) is 0.803. The maximum atomic E-state index is 11.0. The summed E-state index contributed by atoms with van der Waals surface area (Å²) < 4.78 is 4.50. The molecule has 0 saturated heterocycles. The number of aliphatic hydroxyl groups is 1. The fraction of sp³-hybridized carbons (Fsp3) is 0.417. The van der Waals surface area contributed by atoms with Crippen LogP contribution in [0.3, 0.4) is 0 Å². The number of aryl methyl sites for hydroxylation is 1. The van der Waals surface area contributed by atoms with E-state index >= 15 is 0 Å². The third kappa shape index (κ3) is 3.70. The van der Waals surface area contributed by atoms with Gasteiger partial charge in [0.2, 0.25) is 0 Å². The Morgan fingerprint density at radius 3 is 2.76 bits per heavy atom. The molecule has 2 atom stereocenters. The van der Waals surface area contributed by atoms with Gasteiger partial charge in [-0.15, -0.1) is 0 Å². The molecule has 0 heterocycles. The lowest BCUT2D eigenvalue weighted by Gasteiger charge is -2.18. The molecule has 0 aliphatic rings. The summed E-state index contributed by atoms with van der Waals surface area (Å²) in [4.78, 5) is 11.0. The summed E-state index contributed by atoms with van der Waals surface area (Å²) in [7, 11) is 1.29. The molecule has 1 aromatic carbocycles. The molecule has 1 aromatic rings. The molecule has 2 unspecified atom stereocenters. The second kappa shape index (κ2) is 6.00. The van der Waals surface area contributed by atoms with Gasteiger partial charge >= 0.3 is 5.97 Å². The van der Waals surface area contributed by atoms with E-state index in [-0.39, 0.29) is 6.42 Å². The molecule has 0 fully saturated rings. The Kier molecular flexibility index (Phi) is 4.93.